The first kappa shape index (κ1) is 23.5. The third-order valence-electron chi connectivity index (χ3n) is 4.62. The zero-order valence-electron chi connectivity index (χ0n) is 16.0. The van der Waals surface area contributed by atoms with Gasteiger partial charge < -0.3 is 15.5 Å². The summed E-state index contributed by atoms with van der Waals surface area (Å²) in [6.07, 6.45) is 3.35. The lowest BCUT2D eigenvalue weighted by Crippen LogP contribution is -2.49. The van der Waals surface area contributed by atoms with E-state index in [4.69, 9.17) is 0 Å². The van der Waals surface area contributed by atoms with E-state index in [9.17, 15) is 8.42 Å². The fourth-order valence-electron chi connectivity index (χ4n) is 2.59. The van der Waals surface area contributed by atoms with E-state index in [1.165, 1.54) is 11.3 Å². The van der Waals surface area contributed by atoms with Crippen molar-refractivity contribution in [2.24, 2.45) is 4.99 Å². The second kappa shape index (κ2) is 10.1. The van der Waals surface area contributed by atoms with E-state index in [0.717, 1.165) is 32.5 Å². The SMILES string of the molecule is CCNC(=NCC(C)(C)S(C)(=O)=O)NC1CCN(c2cccs2)CC1.I. The molecule has 1 aliphatic heterocycles. The lowest BCUT2D eigenvalue weighted by atomic mass is 10.1. The predicted molar refractivity (Wildman–Crippen MR) is 123 cm³/mol. The highest BCUT2D eigenvalue weighted by Crippen LogP contribution is 2.24. The fraction of sp³-hybridized carbons (Fsp3) is 0.706. The molecular weight excluding hydrogens is 483 g/mol. The Labute approximate surface area is 178 Å². The number of piperidine rings is 1. The van der Waals surface area contributed by atoms with Gasteiger partial charge in [0.2, 0.25) is 0 Å². The molecule has 0 bridgehead atoms. The van der Waals surface area contributed by atoms with Crippen molar-refractivity contribution in [2.75, 3.05) is 37.3 Å². The summed E-state index contributed by atoms with van der Waals surface area (Å²) in [5, 5.41) is 10.1. The van der Waals surface area contributed by atoms with Gasteiger partial charge in [-0.25, -0.2) is 8.42 Å². The monoisotopic (exact) mass is 514 g/mol. The molecule has 2 heterocycles. The summed E-state index contributed by atoms with van der Waals surface area (Å²) in [6.45, 7) is 8.48. The number of thiophene rings is 1. The van der Waals surface area contributed by atoms with Crippen LogP contribution in [-0.4, -0.2) is 57.6 Å². The molecule has 1 aliphatic rings. The highest BCUT2D eigenvalue weighted by Gasteiger charge is 2.30. The lowest BCUT2D eigenvalue weighted by molar-refractivity contribution is 0.462. The molecule has 0 unspecified atom stereocenters. The summed E-state index contributed by atoms with van der Waals surface area (Å²) in [4.78, 5) is 6.93. The maximum atomic E-state index is 11.8. The van der Waals surface area contributed by atoms with Crippen molar-refractivity contribution in [2.45, 2.75) is 44.4 Å². The quantitative estimate of drug-likeness (QED) is 0.347. The number of nitrogens with one attached hydrogen (secondary N) is 2. The second-order valence-corrected chi connectivity index (χ2v) is 10.7. The summed E-state index contributed by atoms with van der Waals surface area (Å²) < 4.78 is 22.8. The second-order valence-electron chi connectivity index (χ2n) is 7.08. The minimum atomic E-state index is -3.15. The summed E-state index contributed by atoms with van der Waals surface area (Å²) in [6, 6.07) is 4.61. The summed E-state index contributed by atoms with van der Waals surface area (Å²) in [5.74, 6) is 0.703. The van der Waals surface area contributed by atoms with Gasteiger partial charge in [0.1, 0.15) is 0 Å². The molecule has 150 valence electrons. The molecule has 1 aromatic heterocycles. The van der Waals surface area contributed by atoms with Gasteiger partial charge in [0.25, 0.3) is 0 Å². The standard InChI is InChI=1S/C17H30N4O2S2.HI/c1-5-18-16(19-13-17(2,3)25(4,22)23)20-14-8-10-21(11-9-14)15-7-6-12-24-15;/h6-7,12,14H,5,8-11,13H2,1-4H3,(H2,18,19,20);1H. The zero-order chi connectivity index (χ0) is 18.5. The molecule has 0 saturated carbocycles. The van der Waals surface area contributed by atoms with Crippen molar-refractivity contribution in [1.82, 2.24) is 10.6 Å². The highest BCUT2D eigenvalue weighted by molar-refractivity contribution is 14.0. The third kappa shape index (κ3) is 6.56. The Morgan fingerprint density at radius 1 is 1.38 bits per heavy atom. The van der Waals surface area contributed by atoms with Gasteiger partial charge in [0, 0.05) is 31.9 Å². The van der Waals surface area contributed by atoms with E-state index in [0.29, 0.717) is 12.0 Å². The van der Waals surface area contributed by atoms with E-state index >= 15 is 0 Å². The largest absolute Gasteiger partial charge is 0.363 e. The molecular formula is C17H31IN4O2S2. The molecule has 1 saturated heterocycles. The van der Waals surface area contributed by atoms with Crippen LogP contribution < -0.4 is 15.5 Å². The summed E-state index contributed by atoms with van der Waals surface area (Å²) in [7, 11) is -3.15. The Morgan fingerprint density at radius 3 is 2.54 bits per heavy atom. The Morgan fingerprint density at radius 2 is 2.04 bits per heavy atom. The van der Waals surface area contributed by atoms with E-state index in [-0.39, 0.29) is 30.5 Å². The first-order valence-electron chi connectivity index (χ1n) is 8.76. The topological polar surface area (TPSA) is 73.8 Å². The molecule has 0 atom stereocenters. The van der Waals surface area contributed by atoms with E-state index in [2.05, 4.69) is 38.0 Å². The molecule has 2 rings (SSSR count). The molecule has 1 fully saturated rings. The molecule has 9 heteroatoms. The van der Waals surface area contributed by atoms with Gasteiger partial charge in [0.05, 0.1) is 16.3 Å². The van der Waals surface area contributed by atoms with Gasteiger partial charge >= 0.3 is 0 Å². The molecule has 0 aliphatic carbocycles. The highest BCUT2D eigenvalue weighted by atomic mass is 127. The fourth-order valence-corrected chi connectivity index (χ4v) is 3.68. The van der Waals surface area contributed by atoms with Gasteiger partial charge in [-0.15, -0.1) is 35.3 Å². The number of nitrogens with zero attached hydrogens (tertiary/aromatic N) is 2. The average Bonchev–Trinajstić information content (AvgIpc) is 3.07. The number of aliphatic imine (C=N–C) groups is 1. The molecule has 6 nitrogen and oxygen atoms in total. The van der Waals surface area contributed by atoms with Crippen LogP contribution in [0.4, 0.5) is 5.00 Å². The van der Waals surface area contributed by atoms with Crippen molar-refractivity contribution >= 4 is 56.1 Å². The summed E-state index contributed by atoms with van der Waals surface area (Å²) in [5.41, 5.74) is 0. The van der Waals surface area contributed by atoms with Crippen LogP contribution in [0.15, 0.2) is 22.5 Å². The van der Waals surface area contributed by atoms with Crippen LogP contribution in [0.25, 0.3) is 0 Å². The molecule has 2 N–H and O–H groups in total. The van der Waals surface area contributed by atoms with Crippen LogP contribution in [0.2, 0.25) is 0 Å². The Hall–Kier alpha value is -0.550. The maximum absolute atomic E-state index is 11.8. The van der Waals surface area contributed by atoms with E-state index < -0.39 is 14.6 Å². The average molecular weight is 514 g/mol. The van der Waals surface area contributed by atoms with Crippen LogP contribution in [0.1, 0.15) is 33.6 Å². The summed E-state index contributed by atoms with van der Waals surface area (Å²) >= 11 is 1.78. The molecule has 0 radical (unpaired) electrons. The molecule has 0 amide bonds. The number of halogens is 1. The minimum Gasteiger partial charge on any atom is -0.363 e. The number of sulfone groups is 1. The van der Waals surface area contributed by atoms with Gasteiger partial charge in [-0.2, -0.15) is 0 Å². The Kier molecular flexibility index (Phi) is 9.14. The Balaban J connectivity index is 0.00000338. The maximum Gasteiger partial charge on any atom is 0.191 e. The van der Waals surface area contributed by atoms with Crippen molar-refractivity contribution in [3.05, 3.63) is 17.5 Å². The van der Waals surface area contributed by atoms with E-state index in [1.54, 1.807) is 25.2 Å². The van der Waals surface area contributed by atoms with Crippen LogP contribution in [0.5, 0.6) is 0 Å². The first-order chi connectivity index (χ1) is 11.7. The number of rotatable bonds is 6. The lowest BCUT2D eigenvalue weighted by Gasteiger charge is -2.33. The van der Waals surface area contributed by atoms with Gasteiger partial charge in [0.15, 0.2) is 15.8 Å². The van der Waals surface area contributed by atoms with Crippen LogP contribution in [0, 0.1) is 0 Å². The smallest absolute Gasteiger partial charge is 0.191 e. The van der Waals surface area contributed by atoms with Gasteiger partial charge in [-0.1, -0.05) is 0 Å². The van der Waals surface area contributed by atoms with Crippen LogP contribution in [-0.2, 0) is 9.84 Å². The van der Waals surface area contributed by atoms with Crippen molar-refractivity contribution in [3.8, 4) is 0 Å². The number of hydrogen-bond donors (Lipinski definition) is 2. The third-order valence-corrected chi connectivity index (χ3v) is 7.69. The number of hydrogen-bond acceptors (Lipinski definition) is 5. The van der Waals surface area contributed by atoms with Crippen molar-refractivity contribution < 1.29 is 8.42 Å². The molecule has 26 heavy (non-hydrogen) atoms. The first-order valence-corrected chi connectivity index (χ1v) is 11.5. The molecule has 0 spiro atoms. The minimum absolute atomic E-state index is 0. The van der Waals surface area contributed by atoms with Crippen molar-refractivity contribution in [1.29, 1.82) is 0 Å². The number of anilines is 1. The van der Waals surface area contributed by atoms with Gasteiger partial charge in [-0.3, -0.25) is 4.99 Å². The van der Waals surface area contributed by atoms with Crippen molar-refractivity contribution in [3.63, 3.8) is 0 Å². The van der Waals surface area contributed by atoms with Crippen LogP contribution in [0.3, 0.4) is 0 Å². The van der Waals surface area contributed by atoms with Gasteiger partial charge in [-0.05, 0) is 51.1 Å². The molecule has 0 aromatic carbocycles. The Bertz CT molecular complexity index is 667. The van der Waals surface area contributed by atoms with E-state index in [1.807, 2.05) is 6.92 Å². The number of guanidine groups is 1. The predicted octanol–water partition coefficient (Wildman–Crippen LogP) is 2.71. The molecule has 1 aromatic rings. The normalized spacial score (nSPS) is 16.9. The zero-order valence-corrected chi connectivity index (χ0v) is 20.0. The van der Waals surface area contributed by atoms with Crippen LogP contribution >= 0.6 is 35.3 Å².